The zero-order valence-electron chi connectivity index (χ0n) is 22.7. The Balaban J connectivity index is 1.46. The summed E-state index contributed by atoms with van der Waals surface area (Å²) >= 11 is 18.6. The summed E-state index contributed by atoms with van der Waals surface area (Å²) in [5, 5.41) is 17.4. The molecule has 3 aromatic rings. The maximum atomic E-state index is 13.3. The Morgan fingerprint density at radius 2 is 2.00 bits per heavy atom. The van der Waals surface area contributed by atoms with Crippen LogP contribution in [-0.2, 0) is 24.3 Å². The minimum atomic E-state index is -0.135. The molecule has 210 valence electrons. The Bertz CT molecular complexity index is 1370. The van der Waals surface area contributed by atoms with Gasteiger partial charge in [-0.1, -0.05) is 67.7 Å². The summed E-state index contributed by atoms with van der Waals surface area (Å²) in [5.41, 5.74) is 3.35. The Morgan fingerprint density at radius 1 is 1.25 bits per heavy atom. The molecule has 2 atom stereocenters. The van der Waals surface area contributed by atoms with Crippen LogP contribution >= 0.6 is 35.4 Å². The van der Waals surface area contributed by atoms with E-state index in [2.05, 4.69) is 40.4 Å². The zero-order valence-corrected chi connectivity index (χ0v) is 25.1. The molecule has 10 heteroatoms. The Morgan fingerprint density at radius 3 is 2.67 bits per heavy atom. The second-order valence-electron chi connectivity index (χ2n) is 10.4. The van der Waals surface area contributed by atoms with Crippen LogP contribution < -0.4 is 10.6 Å². The van der Waals surface area contributed by atoms with Crippen LogP contribution in [-0.4, -0.2) is 44.1 Å². The number of aromatic nitrogens is 2. The lowest BCUT2D eigenvalue weighted by atomic mass is 9.98. The van der Waals surface area contributed by atoms with Crippen molar-refractivity contribution < 1.29 is 4.79 Å². The van der Waals surface area contributed by atoms with Gasteiger partial charge in [-0.3, -0.25) is 4.79 Å². The number of carbonyl (C=O) groups is 1. The van der Waals surface area contributed by atoms with E-state index < -0.39 is 0 Å². The first kappa shape index (κ1) is 29.9. The van der Waals surface area contributed by atoms with Crippen molar-refractivity contribution in [1.29, 1.82) is 5.26 Å². The summed E-state index contributed by atoms with van der Waals surface area (Å²) in [6.07, 6.45) is 6.76. The van der Waals surface area contributed by atoms with Crippen LogP contribution in [0.1, 0.15) is 55.5 Å². The van der Waals surface area contributed by atoms with Gasteiger partial charge in [0.05, 0.1) is 34.4 Å². The van der Waals surface area contributed by atoms with Crippen molar-refractivity contribution in [3.63, 3.8) is 0 Å². The molecule has 1 saturated carbocycles. The summed E-state index contributed by atoms with van der Waals surface area (Å²) in [6.45, 7) is 5.85. The summed E-state index contributed by atoms with van der Waals surface area (Å²) < 4.78 is 1.96. The zero-order chi connectivity index (χ0) is 28.6. The summed E-state index contributed by atoms with van der Waals surface area (Å²) in [6, 6.07) is 15.4. The van der Waals surface area contributed by atoms with Gasteiger partial charge in [0.2, 0.25) is 5.91 Å². The predicted molar refractivity (Wildman–Crippen MR) is 163 cm³/mol. The molecule has 2 aromatic carbocycles. The molecule has 40 heavy (non-hydrogen) atoms. The highest BCUT2D eigenvalue weighted by Gasteiger charge is 2.28. The predicted octanol–water partition coefficient (Wildman–Crippen LogP) is 5.72. The molecule has 1 heterocycles. The minimum Gasteiger partial charge on any atom is -0.360 e. The number of hydrogen-bond acceptors (Lipinski definition) is 4. The monoisotopic (exact) mass is 596 g/mol. The molecule has 0 unspecified atom stereocenters. The fourth-order valence-electron chi connectivity index (χ4n) is 4.42. The van der Waals surface area contributed by atoms with E-state index in [4.69, 9.17) is 40.7 Å². The number of hydrogen-bond donors (Lipinski definition) is 2. The van der Waals surface area contributed by atoms with Gasteiger partial charge in [0.25, 0.3) is 0 Å². The fraction of sp³-hybridized carbons (Fsp3) is 0.400. The number of nitrogens with zero attached hydrogens (tertiary/aromatic N) is 4. The van der Waals surface area contributed by atoms with Gasteiger partial charge in [-0.2, -0.15) is 5.26 Å². The van der Waals surface area contributed by atoms with E-state index in [0.717, 1.165) is 36.1 Å². The molecule has 1 aromatic heterocycles. The Hall–Kier alpha value is -3.12. The van der Waals surface area contributed by atoms with Gasteiger partial charge < -0.3 is 20.1 Å². The van der Waals surface area contributed by atoms with E-state index in [-0.39, 0.29) is 24.3 Å². The number of imidazole rings is 1. The molecule has 1 amide bonds. The van der Waals surface area contributed by atoms with E-state index >= 15 is 0 Å². The molecule has 0 bridgehead atoms. The smallest absolute Gasteiger partial charge is 0.226 e. The molecular formula is C30H34Cl2N6OS. The highest BCUT2D eigenvalue weighted by molar-refractivity contribution is 7.80. The van der Waals surface area contributed by atoms with Crippen LogP contribution in [0.5, 0.6) is 0 Å². The van der Waals surface area contributed by atoms with Gasteiger partial charge >= 0.3 is 0 Å². The first-order valence-electron chi connectivity index (χ1n) is 13.5. The molecule has 0 radical (unpaired) electrons. The Labute approximate surface area is 251 Å². The highest BCUT2D eigenvalue weighted by atomic mass is 35.5. The lowest BCUT2D eigenvalue weighted by Gasteiger charge is -2.33. The molecule has 4 rings (SSSR count). The molecular weight excluding hydrogens is 563 g/mol. The Kier molecular flexibility index (Phi) is 10.4. The summed E-state index contributed by atoms with van der Waals surface area (Å²) in [7, 11) is 0. The topological polar surface area (TPSA) is 86.0 Å². The lowest BCUT2D eigenvalue weighted by molar-refractivity contribution is -0.121. The summed E-state index contributed by atoms with van der Waals surface area (Å²) in [4.78, 5) is 19.7. The number of halogens is 2. The molecule has 0 saturated heterocycles. The van der Waals surface area contributed by atoms with Crippen molar-refractivity contribution in [3.8, 4) is 6.07 Å². The molecule has 7 nitrogen and oxygen atoms in total. The fourth-order valence-corrected chi connectivity index (χ4v) is 5.11. The number of amides is 1. The second kappa shape index (κ2) is 14.0. The van der Waals surface area contributed by atoms with Crippen LogP contribution in [0, 0.1) is 17.2 Å². The first-order chi connectivity index (χ1) is 19.3. The average molecular weight is 598 g/mol. The number of nitrogens with one attached hydrogen (secondary N) is 2. The molecule has 0 aliphatic heterocycles. The van der Waals surface area contributed by atoms with Crippen molar-refractivity contribution in [2.45, 2.75) is 64.7 Å². The van der Waals surface area contributed by atoms with Crippen LogP contribution in [0.3, 0.4) is 0 Å². The third-order valence-electron chi connectivity index (χ3n) is 7.26. The van der Waals surface area contributed by atoms with Crippen LogP contribution in [0.25, 0.3) is 0 Å². The van der Waals surface area contributed by atoms with Crippen molar-refractivity contribution in [3.05, 3.63) is 87.4 Å². The molecule has 1 aliphatic carbocycles. The lowest BCUT2D eigenvalue weighted by Crippen LogP contribution is -2.51. The van der Waals surface area contributed by atoms with E-state index in [9.17, 15) is 4.79 Å². The third-order valence-corrected chi connectivity index (χ3v) is 8.49. The van der Waals surface area contributed by atoms with E-state index in [1.54, 1.807) is 30.7 Å². The van der Waals surface area contributed by atoms with E-state index in [0.29, 0.717) is 46.4 Å². The van der Waals surface area contributed by atoms with Gasteiger partial charge in [0, 0.05) is 43.6 Å². The normalized spacial score (nSPS) is 14.2. The first-order valence-corrected chi connectivity index (χ1v) is 14.7. The van der Waals surface area contributed by atoms with Crippen molar-refractivity contribution >= 4 is 46.4 Å². The largest absolute Gasteiger partial charge is 0.360 e. The quantitative estimate of drug-likeness (QED) is 0.260. The second-order valence-corrected chi connectivity index (χ2v) is 11.5. The van der Waals surface area contributed by atoms with Gasteiger partial charge in [0.1, 0.15) is 0 Å². The number of carbonyl (C=O) groups excluding carboxylic acids is 1. The molecule has 2 N–H and O–H groups in total. The van der Waals surface area contributed by atoms with Crippen molar-refractivity contribution in [2.24, 2.45) is 5.92 Å². The average Bonchev–Trinajstić information content (AvgIpc) is 3.67. The van der Waals surface area contributed by atoms with Crippen molar-refractivity contribution in [1.82, 2.24) is 25.1 Å². The summed E-state index contributed by atoms with van der Waals surface area (Å²) in [5.74, 6) is 0.141. The van der Waals surface area contributed by atoms with Crippen molar-refractivity contribution in [2.75, 3.05) is 6.54 Å². The van der Waals surface area contributed by atoms with Gasteiger partial charge in [-0.25, -0.2) is 4.98 Å². The highest BCUT2D eigenvalue weighted by Crippen LogP contribution is 2.27. The molecule has 0 spiro atoms. The number of benzene rings is 2. The minimum absolute atomic E-state index is 0.0753. The molecule has 1 fully saturated rings. The molecule has 1 aliphatic rings. The SMILES string of the molecule is CC[C@H](C)[C@@H](CN(Cc1cccc(Cl)c1Cl)C(=S)NC1CC1)NC(=O)Cc1cncn1Cc1ccc(C#N)cc1. The van der Waals surface area contributed by atoms with Gasteiger partial charge in [-0.15, -0.1) is 0 Å². The third kappa shape index (κ3) is 8.20. The van der Waals surface area contributed by atoms with Crippen LogP contribution in [0.4, 0.5) is 0 Å². The number of rotatable bonds is 12. The van der Waals surface area contributed by atoms with Gasteiger partial charge in [-0.05, 0) is 60.3 Å². The van der Waals surface area contributed by atoms with Gasteiger partial charge in [0.15, 0.2) is 5.11 Å². The standard InChI is InChI=1S/C30H34Cl2N6OS/c1-3-20(2)27(18-37(30(40)35-24-11-12-24)17-23-5-4-6-26(31)29(23)32)36-28(39)13-25-15-34-19-38(25)16-22-9-7-21(14-33)8-10-22/h4-10,15,19-20,24,27H,3,11-13,16-18H2,1-2H3,(H,35,40)(H,36,39)/t20-,27+/m0/s1. The number of nitriles is 1. The maximum Gasteiger partial charge on any atom is 0.226 e. The van der Waals surface area contributed by atoms with E-state index in [1.165, 1.54) is 0 Å². The van der Waals surface area contributed by atoms with Crippen LogP contribution in [0.2, 0.25) is 10.0 Å². The van der Waals surface area contributed by atoms with Crippen LogP contribution in [0.15, 0.2) is 55.0 Å². The maximum absolute atomic E-state index is 13.3. The van der Waals surface area contributed by atoms with E-state index in [1.807, 2.05) is 28.8 Å². The number of thiocarbonyl (C=S) groups is 1.